The predicted octanol–water partition coefficient (Wildman–Crippen LogP) is 6.90. The third-order valence-corrected chi connectivity index (χ3v) is 6.18. The third kappa shape index (κ3) is 8.30. The van der Waals surface area contributed by atoms with Gasteiger partial charge < -0.3 is 14.0 Å². The van der Waals surface area contributed by atoms with Crippen molar-refractivity contribution in [2.75, 3.05) is 0 Å². The number of hydrogen-bond donors (Lipinski definition) is 0. The number of nitrogens with zero attached hydrogens (tertiary/aromatic N) is 1. The molecular weight excluding hydrogens is 486 g/mol. The van der Waals surface area contributed by atoms with E-state index in [1.807, 2.05) is 93.7 Å². The summed E-state index contributed by atoms with van der Waals surface area (Å²) in [4.78, 5) is 24.6. The SMILES string of the molecule is CC(C)(C)OC(=O)/C=C/Oc1cccc(CCCn2cc(C(c3ccccc3)c3ccccc3)ccc2=O)c1. The molecule has 39 heavy (non-hydrogen) atoms. The second kappa shape index (κ2) is 12.9. The molecule has 1 heterocycles. The molecule has 0 aliphatic heterocycles. The molecule has 4 aromatic rings. The molecule has 0 saturated carbocycles. The summed E-state index contributed by atoms with van der Waals surface area (Å²) >= 11 is 0. The van der Waals surface area contributed by atoms with Crippen LogP contribution in [-0.2, 0) is 22.5 Å². The van der Waals surface area contributed by atoms with Crippen LogP contribution in [0.1, 0.15) is 55.4 Å². The van der Waals surface area contributed by atoms with Crippen molar-refractivity contribution in [3.8, 4) is 5.75 Å². The smallest absolute Gasteiger partial charge is 0.334 e. The Morgan fingerprint density at radius 3 is 2.15 bits per heavy atom. The Morgan fingerprint density at radius 1 is 0.846 bits per heavy atom. The highest BCUT2D eigenvalue weighted by Crippen LogP contribution is 2.31. The number of carbonyl (C=O) groups is 1. The van der Waals surface area contributed by atoms with Crippen LogP contribution in [0.15, 0.2) is 120 Å². The third-order valence-electron chi connectivity index (χ3n) is 6.18. The highest BCUT2D eigenvalue weighted by atomic mass is 16.6. The van der Waals surface area contributed by atoms with E-state index in [4.69, 9.17) is 9.47 Å². The zero-order valence-corrected chi connectivity index (χ0v) is 22.7. The molecule has 1 aromatic heterocycles. The van der Waals surface area contributed by atoms with E-state index in [0.29, 0.717) is 12.3 Å². The highest BCUT2D eigenvalue weighted by Gasteiger charge is 2.17. The molecule has 0 saturated heterocycles. The number of rotatable bonds is 10. The molecule has 5 heteroatoms. The summed E-state index contributed by atoms with van der Waals surface area (Å²) in [6, 6.07) is 32.1. The molecule has 0 aliphatic rings. The number of ether oxygens (including phenoxy) is 2. The Balaban J connectivity index is 1.42. The first-order chi connectivity index (χ1) is 18.8. The maximum absolute atomic E-state index is 12.7. The van der Waals surface area contributed by atoms with Crippen molar-refractivity contribution >= 4 is 5.97 Å². The van der Waals surface area contributed by atoms with Gasteiger partial charge in [0.1, 0.15) is 11.4 Å². The van der Waals surface area contributed by atoms with Crippen LogP contribution in [0.5, 0.6) is 5.75 Å². The average molecular weight is 522 g/mol. The van der Waals surface area contributed by atoms with Gasteiger partial charge in [-0.2, -0.15) is 0 Å². The van der Waals surface area contributed by atoms with Gasteiger partial charge in [0.25, 0.3) is 5.56 Å². The number of aromatic nitrogens is 1. The molecule has 0 bridgehead atoms. The molecule has 4 rings (SSSR count). The lowest BCUT2D eigenvalue weighted by Crippen LogP contribution is -2.22. The molecular formula is C34H35NO4. The lowest BCUT2D eigenvalue weighted by Gasteiger charge is -2.20. The van der Waals surface area contributed by atoms with Gasteiger partial charge in [0.2, 0.25) is 0 Å². The molecule has 3 aromatic carbocycles. The molecule has 0 aliphatic carbocycles. The minimum absolute atomic E-state index is 0.0111. The minimum Gasteiger partial charge on any atom is -0.465 e. The van der Waals surface area contributed by atoms with Crippen LogP contribution in [0.25, 0.3) is 0 Å². The van der Waals surface area contributed by atoms with Crippen molar-refractivity contribution in [2.24, 2.45) is 0 Å². The van der Waals surface area contributed by atoms with E-state index in [1.54, 1.807) is 10.6 Å². The highest BCUT2D eigenvalue weighted by molar-refractivity contribution is 5.82. The normalized spacial score (nSPS) is 11.6. The Bertz CT molecular complexity index is 1410. The van der Waals surface area contributed by atoms with Gasteiger partial charge in [-0.25, -0.2) is 4.79 Å². The maximum atomic E-state index is 12.7. The summed E-state index contributed by atoms with van der Waals surface area (Å²) < 4.78 is 12.7. The summed E-state index contributed by atoms with van der Waals surface area (Å²) in [7, 11) is 0. The first kappa shape index (κ1) is 27.6. The fourth-order valence-electron chi connectivity index (χ4n) is 4.50. The van der Waals surface area contributed by atoms with Crippen LogP contribution < -0.4 is 10.3 Å². The van der Waals surface area contributed by atoms with Crippen LogP contribution >= 0.6 is 0 Å². The van der Waals surface area contributed by atoms with E-state index >= 15 is 0 Å². The fourth-order valence-corrected chi connectivity index (χ4v) is 4.50. The first-order valence-electron chi connectivity index (χ1n) is 13.2. The van der Waals surface area contributed by atoms with Crippen LogP contribution in [0.2, 0.25) is 0 Å². The quantitative estimate of drug-likeness (QED) is 0.129. The van der Waals surface area contributed by atoms with Crippen molar-refractivity contribution in [3.05, 3.63) is 148 Å². The molecule has 0 fully saturated rings. The van der Waals surface area contributed by atoms with Gasteiger partial charge in [0.15, 0.2) is 0 Å². The lowest BCUT2D eigenvalue weighted by molar-refractivity contribution is -0.148. The van der Waals surface area contributed by atoms with Gasteiger partial charge in [-0.1, -0.05) is 78.9 Å². The van der Waals surface area contributed by atoms with Gasteiger partial charge in [-0.05, 0) is 68.0 Å². The predicted molar refractivity (Wildman–Crippen MR) is 155 cm³/mol. The van der Waals surface area contributed by atoms with Crippen molar-refractivity contribution in [2.45, 2.75) is 51.7 Å². The van der Waals surface area contributed by atoms with E-state index in [2.05, 4.69) is 24.3 Å². The molecule has 0 unspecified atom stereocenters. The van der Waals surface area contributed by atoms with Crippen LogP contribution in [0.4, 0.5) is 0 Å². The first-order valence-corrected chi connectivity index (χ1v) is 13.2. The van der Waals surface area contributed by atoms with Crippen molar-refractivity contribution in [3.63, 3.8) is 0 Å². The number of carbonyl (C=O) groups excluding carboxylic acids is 1. The maximum Gasteiger partial charge on any atom is 0.334 e. The standard InChI is InChI=1S/C34H35NO4/c1-34(2,3)39-32(37)21-23-38-30-18-10-12-26(24-30)13-11-22-35-25-29(19-20-31(35)36)33(27-14-6-4-7-15-27)28-16-8-5-9-17-28/h4-10,12,14-21,23-25,33H,11,13,22H2,1-3H3/b23-21+. The molecule has 0 spiro atoms. The lowest BCUT2D eigenvalue weighted by atomic mass is 9.86. The van der Waals surface area contributed by atoms with Crippen molar-refractivity contribution < 1.29 is 14.3 Å². The number of aryl methyl sites for hydroxylation is 2. The Morgan fingerprint density at radius 2 is 1.51 bits per heavy atom. The van der Waals surface area contributed by atoms with Gasteiger partial charge in [0.05, 0.1) is 12.3 Å². The summed E-state index contributed by atoms with van der Waals surface area (Å²) in [5.41, 5.74) is 3.99. The van der Waals surface area contributed by atoms with Crippen LogP contribution in [0, 0.1) is 0 Å². The monoisotopic (exact) mass is 521 g/mol. The van der Waals surface area contributed by atoms with Gasteiger partial charge in [-0.3, -0.25) is 4.79 Å². The number of esters is 1. The van der Waals surface area contributed by atoms with E-state index in [-0.39, 0.29) is 11.5 Å². The summed E-state index contributed by atoms with van der Waals surface area (Å²) in [5.74, 6) is 0.231. The van der Waals surface area contributed by atoms with Crippen LogP contribution in [-0.4, -0.2) is 16.1 Å². The molecule has 5 nitrogen and oxygen atoms in total. The van der Waals surface area contributed by atoms with E-state index in [0.717, 1.165) is 24.0 Å². The van der Waals surface area contributed by atoms with E-state index in [9.17, 15) is 9.59 Å². The fraction of sp³-hybridized carbons (Fsp3) is 0.235. The van der Waals surface area contributed by atoms with Gasteiger partial charge in [0, 0.05) is 24.7 Å². The second-order valence-corrected chi connectivity index (χ2v) is 10.5. The molecule has 200 valence electrons. The number of hydrogen-bond acceptors (Lipinski definition) is 4. The van der Waals surface area contributed by atoms with E-state index < -0.39 is 11.6 Å². The van der Waals surface area contributed by atoms with Gasteiger partial charge >= 0.3 is 5.97 Å². The summed E-state index contributed by atoms with van der Waals surface area (Å²) in [6.07, 6.45) is 6.18. The van der Waals surface area contributed by atoms with E-state index in [1.165, 1.54) is 23.5 Å². The average Bonchev–Trinajstić information content (AvgIpc) is 2.91. The Labute approximate surface area is 230 Å². The van der Waals surface area contributed by atoms with Crippen molar-refractivity contribution in [1.82, 2.24) is 4.57 Å². The van der Waals surface area contributed by atoms with Crippen molar-refractivity contribution in [1.29, 1.82) is 0 Å². The zero-order valence-electron chi connectivity index (χ0n) is 22.7. The summed E-state index contributed by atoms with van der Waals surface area (Å²) in [5, 5.41) is 0. The largest absolute Gasteiger partial charge is 0.465 e. The second-order valence-electron chi connectivity index (χ2n) is 10.5. The molecule has 0 radical (unpaired) electrons. The number of pyridine rings is 1. The topological polar surface area (TPSA) is 57.5 Å². The van der Waals surface area contributed by atoms with Crippen LogP contribution in [0.3, 0.4) is 0 Å². The Kier molecular flexibility index (Phi) is 9.16. The number of benzene rings is 3. The minimum atomic E-state index is -0.549. The van der Waals surface area contributed by atoms with Gasteiger partial charge in [-0.15, -0.1) is 0 Å². The molecule has 0 N–H and O–H groups in total. The Hall–Kier alpha value is -4.38. The summed E-state index contributed by atoms with van der Waals surface area (Å²) in [6.45, 7) is 6.06. The molecule has 0 atom stereocenters. The molecule has 0 amide bonds. The zero-order chi connectivity index (χ0) is 27.7.